The molecular formula is C14H19NO2. The quantitative estimate of drug-likeness (QED) is 0.688. The molecule has 92 valence electrons. The molecule has 0 N–H and O–H groups in total. The highest BCUT2D eigenvalue weighted by molar-refractivity contribution is 6.23. The summed E-state index contributed by atoms with van der Waals surface area (Å²) >= 11 is 0. The van der Waals surface area contributed by atoms with Crippen LogP contribution in [0.3, 0.4) is 0 Å². The Hall–Kier alpha value is -1.51. The molecule has 1 aliphatic rings. The predicted molar refractivity (Wildman–Crippen MR) is 69.0 cm³/mol. The topological polar surface area (TPSA) is 46.5 Å². The molecule has 1 aliphatic carbocycles. The molecular weight excluding hydrogens is 214 g/mol. The smallest absolute Gasteiger partial charge is 0.243 e. The molecule has 0 aromatic carbocycles. The molecule has 1 rings (SSSR count). The number of nitrogens with zero attached hydrogens (tertiary/aromatic N) is 1. The van der Waals surface area contributed by atoms with Gasteiger partial charge < -0.3 is 0 Å². The number of carbonyl (C=O) groups excluding carboxylic acids is 2. The second-order valence-electron chi connectivity index (χ2n) is 4.89. The van der Waals surface area contributed by atoms with E-state index in [0.717, 1.165) is 11.1 Å². The van der Waals surface area contributed by atoms with Crippen LogP contribution >= 0.6 is 0 Å². The van der Waals surface area contributed by atoms with E-state index in [1.807, 2.05) is 27.7 Å². The minimum absolute atomic E-state index is 0.0810. The number of amides is 1. The van der Waals surface area contributed by atoms with Gasteiger partial charge in [-0.15, -0.1) is 0 Å². The molecule has 3 heteroatoms. The maximum Gasteiger partial charge on any atom is 0.243 e. The van der Waals surface area contributed by atoms with E-state index in [-0.39, 0.29) is 23.5 Å². The first-order valence-electron chi connectivity index (χ1n) is 5.90. The minimum atomic E-state index is -0.243. The number of Topliss-reactive ketones (excluding diaryl/α,β-unsaturated/α-hetero) is 1. The zero-order chi connectivity index (χ0) is 13.2. The Morgan fingerprint density at radius 2 is 1.47 bits per heavy atom. The van der Waals surface area contributed by atoms with Gasteiger partial charge in [0, 0.05) is 18.1 Å². The summed E-state index contributed by atoms with van der Waals surface area (Å²) in [6.07, 6.45) is 3.44. The van der Waals surface area contributed by atoms with E-state index in [2.05, 4.69) is 4.99 Å². The summed E-state index contributed by atoms with van der Waals surface area (Å²) in [6, 6.07) is 0. The lowest BCUT2D eigenvalue weighted by Crippen LogP contribution is -2.21. The molecule has 0 saturated carbocycles. The SMILES string of the molecule is CC(=O)N=C1C=C(C(C)C)C(=O)C(C(C)C)=C1. The number of aliphatic imine (C=N–C) groups is 1. The Bertz CT molecular complexity index is 407. The van der Waals surface area contributed by atoms with Crippen LogP contribution in [0.4, 0.5) is 0 Å². The van der Waals surface area contributed by atoms with E-state index >= 15 is 0 Å². The Morgan fingerprint density at radius 3 is 1.76 bits per heavy atom. The maximum absolute atomic E-state index is 12.2. The lowest BCUT2D eigenvalue weighted by atomic mass is 9.84. The van der Waals surface area contributed by atoms with Gasteiger partial charge in [0.25, 0.3) is 0 Å². The highest BCUT2D eigenvalue weighted by Crippen LogP contribution is 2.24. The Balaban J connectivity index is 3.25. The fourth-order valence-corrected chi connectivity index (χ4v) is 1.76. The first-order chi connectivity index (χ1) is 7.82. The number of hydrogen-bond acceptors (Lipinski definition) is 2. The van der Waals surface area contributed by atoms with Crippen molar-refractivity contribution in [1.29, 1.82) is 0 Å². The molecule has 0 aromatic heterocycles. The normalized spacial score (nSPS) is 16.2. The molecule has 1 amide bonds. The lowest BCUT2D eigenvalue weighted by molar-refractivity contribution is -0.116. The molecule has 0 atom stereocenters. The molecule has 3 nitrogen and oxygen atoms in total. The van der Waals surface area contributed by atoms with Crippen LogP contribution in [0, 0.1) is 11.8 Å². The van der Waals surface area contributed by atoms with Crippen molar-refractivity contribution in [2.45, 2.75) is 34.6 Å². The fourth-order valence-electron chi connectivity index (χ4n) is 1.76. The number of hydrogen-bond donors (Lipinski definition) is 0. The Labute approximate surface area is 102 Å². The van der Waals surface area contributed by atoms with E-state index in [1.165, 1.54) is 6.92 Å². The van der Waals surface area contributed by atoms with Crippen molar-refractivity contribution in [1.82, 2.24) is 0 Å². The van der Waals surface area contributed by atoms with Crippen molar-refractivity contribution in [2.75, 3.05) is 0 Å². The Kier molecular flexibility index (Phi) is 4.16. The van der Waals surface area contributed by atoms with Crippen molar-refractivity contribution in [3.8, 4) is 0 Å². The molecule has 0 bridgehead atoms. The molecule has 0 radical (unpaired) electrons. The van der Waals surface area contributed by atoms with Crippen molar-refractivity contribution in [3.05, 3.63) is 23.3 Å². The summed E-state index contributed by atoms with van der Waals surface area (Å²) in [4.78, 5) is 27.1. The number of rotatable bonds is 2. The largest absolute Gasteiger partial charge is 0.289 e. The average Bonchev–Trinajstić information content (AvgIpc) is 2.18. The van der Waals surface area contributed by atoms with Gasteiger partial charge >= 0.3 is 0 Å². The van der Waals surface area contributed by atoms with Crippen LogP contribution in [0.1, 0.15) is 34.6 Å². The highest BCUT2D eigenvalue weighted by Gasteiger charge is 2.24. The van der Waals surface area contributed by atoms with E-state index in [0.29, 0.717) is 5.71 Å². The van der Waals surface area contributed by atoms with Gasteiger partial charge in [0.05, 0.1) is 5.71 Å². The molecule has 0 aromatic rings. The van der Waals surface area contributed by atoms with Crippen LogP contribution in [0.15, 0.2) is 28.3 Å². The van der Waals surface area contributed by atoms with Crippen LogP contribution in [-0.2, 0) is 9.59 Å². The van der Waals surface area contributed by atoms with Crippen molar-refractivity contribution in [3.63, 3.8) is 0 Å². The van der Waals surface area contributed by atoms with E-state index < -0.39 is 0 Å². The van der Waals surface area contributed by atoms with E-state index in [4.69, 9.17) is 0 Å². The first-order valence-corrected chi connectivity index (χ1v) is 5.90. The molecule has 0 heterocycles. The maximum atomic E-state index is 12.2. The van der Waals surface area contributed by atoms with E-state index in [1.54, 1.807) is 12.2 Å². The molecule has 0 fully saturated rings. The summed E-state index contributed by atoms with van der Waals surface area (Å²) in [6.45, 7) is 9.29. The van der Waals surface area contributed by atoms with Crippen LogP contribution in [0.5, 0.6) is 0 Å². The lowest BCUT2D eigenvalue weighted by Gasteiger charge is -2.19. The van der Waals surface area contributed by atoms with E-state index in [9.17, 15) is 9.59 Å². The summed E-state index contributed by atoms with van der Waals surface area (Å²) in [5.41, 5.74) is 2.05. The Morgan fingerprint density at radius 1 is 1.06 bits per heavy atom. The first kappa shape index (κ1) is 13.6. The van der Waals surface area contributed by atoms with Gasteiger partial charge in [-0.3, -0.25) is 9.59 Å². The number of allylic oxidation sites excluding steroid dienone is 4. The highest BCUT2D eigenvalue weighted by atomic mass is 16.1. The standard InChI is InChI=1S/C14H19NO2/c1-8(2)12-6-11(15-10(5)16)7-13(9(3)4)14(12)17/h6-9H,1-5H3. The third kappa shape index (κ3) is 3.22. The van der Waals surface area contributed by atoms with Gasteiger partial charge in [-0.05, 0) is 24.0 Å². The summed E-state index contributed by atoms with van der Waals surface area (Å²) in [5.74, 6) is 0.120. The van der Waals surface area contributed by atoms with Crippen molar-refractivity contribution >= 4 is 17.4 Å². The molecule has 0 aliphatic heterocycles. The van der Waals surface area contributed by atoms with Crippen LogP contribution in [0.25, 0.3) is 0 Å². The van der Waals surface area contributed by atoms with Gasteiger partial charge in [-0.25, -0.2) is 4.99 Å². The zero-order valence-corrected chi connectivity index (χ0v) is 11.1. The average molecular weight is 233 g/mol. The molecule has 0 unspecified atom stereocenters. The van der Waals surface area contributed by atoms with Crippen LogP contribution in [-0.4, -0.2) is 17.4 Å². The van der Waals surface area contributed by atoms with Crippen LogP contribution in [0.2, 0.25) is 0 Å². The third-order valence-electron chi connectivity index (χ3n) is 2.66. The third-order valence-corrected chi connectivity index (χ3v) is 2.66. The number of carbonyl (C=O) groups is 2. The summed E-state index contributed by atoms with van der Waals surface area (Å²) in [5, 5.41) is 0. The summed E-state index contributed by atoms with van der Waals surface area (Å²) in [7, 11) is 0. The fraction of sp³-hybridized carbons (Fsp3) is 0.500. The van der Waals surface area contributed by atoms with Gasteiger partial charge in [0.1, 0.15) is 0 Å². The number of ketones is 1. The second-order valence-corrected chi connectivity index (χ2v) is 4.89. The van der Waals surface area contributed by atoms with Crippen LogP contribution < -0.4 is 0 Å². The minimum Gasteiger partial charge on any atom is -0.289 e. The molecule has 17 heavy (non-hydrogen) atoms. The van der Waals surface area contributed by atoms with Crippen molar-refractivity contribution in [2.24, 2.45) is 16.8 Å². The molecule has 0 saturated heterocycles. The molecule has 0 spiro atoms. The van der Waals surface area contributed by atoms with Gasteiger partial charge in [0.2, 0.25) is 5.91 Å². The second kappa shape index (κ2) is 5.21. The monoisotopic (exact) mass is 233 g/mol. The van der Waals surface area contributed by atoms with Gasteiger partial charge in [-0.1, -0.05) is 27.7 Å². The van der Waals surface area contributed by atoms with Gasteiger partial charge in [-0.2, -0.15) is 0 Å². The predicted octanol–water partition coefficient (Wildman–Crippen LogP) is 2.72. The zero-order valence-electron chi connectivity index (χ0n) is 11.1. The van der Waals surface area contributed by atoms with Crippen molar-refractivity contribution < 1.29 is 9.59 Å². The summed E-state index contributed by atoms with van der Waals surface area (Å²) < 4.78 is 0. The van der Waals surface area contributed by atoms with Gasteiger partial charge in [0.15, 0.2) is 5.78 Å².